The van der Waals surface area contributed by atoms with E-state index >= 15 is 0 Å². The first-order valence-electron chi connectivity index (χ1n) is 4.69. The fraction of sp³-hybridized carbons (Fsp3) is 0.0909. The summed E-state index contributed by atoms with van der Waals surface area (Å²) in [4.78, 5) is 1.17. The Bertz CT molecular complexity index is 523. The molecule has 0 atom stereocenters. The highest BCUT2D eigenvalue weighted by molar-refractivity contribution is 9.11. The largest absolute Gasteiger partial charge is 0.379 e. The minimum absolute atomic E-state index is 0.712. The molecule has 6 heteroatoms. The summed E-state index contributed by atoms with van der Waals surface area (Å²) in [6.07, 6.45) is 0. The smallest absolute Gasteiger partial charge is 0.107 e. The van der Waals surface area contributed by atoms with Gasteiger partial charge in [0.2, 0.25) is 0 Å². The molecule has 0 spiro atoms. The first-order valence-corrected chi connectivity index (χ1v) is 7.85. The summed E-state index contributed by atoms with van der Waals surface area (Å²) in [6.45, 7) is 0.732. The van der Waals surface area contributed by atoms with Gasteiger partial charge in [0, 0.05) is 31.1 Å². The predicted molar refractivity (Wildman–Crippen MR) is 83.5 cm³/mol. The molecular weight excluding hydrogens is 409 g/mol. The lowest BCUT2D eigenvalue weighted by Gasteiger charge is -2.07. The standard InChI is InChI=1S/C11H7Br2Cl2NS/c12-8-3-6(14)1-2-10(8)16-5-7-4-9(13)11(15)17-7/h1-4,16H,5H2. The summed E-state index contributed by atoms with van der Waals surface area (Å²) in [6, 6.07) is 7.67. The highest BCUT2D eigenvalue weighted by Gasteiger charge is 2.05. The van der Waals surface area contributed by atoms with Crippen molar-refractivity contribution in [3.63, 3.8) is 0 Å². The molecule has 1 aromatic heterocycles. The lowest BCUT2D eigenvalue weighted by atomic mass is 10.3. The van der Waals surface area contributed by atoms with Crippen LogP contribution in [-0.2, 0) is 6.54 Å². The summed E-state index contributed by atoms with van der Waals surface area (Å²) < 4.78 is 2.67. The zero-order valence-electron chi connectivity index (χ0n) is 8.44. The summed E-state index contributed by atoms with van der Waals surface area (Å²) in [5.41, 5.74) is 1.01. The fourth-order valence-electron chi connectivity index (χ4n) is 1.29. The molecular formula is C11H7Br2Cl2NS. The number of benzene rings is 1. The molecule has 0 radical (unpaired) electrons. The van der Waals surface area contributed by atoms with Crippen LogP contribution >= 0.6 is 66.4 Å². The van der Waals surface area contributed by atoms with Crippen LogP contribution in [0.1, 0.15) is 4.88 Å². The quantitative estimate of drug-likeness (QED) is 0.630. The zero-order chi connectivity index (χ0) is 12.4. The van der Waals surface area contributed by atoms with Gasteiger partial charge < -0.3 is 5.32 Å². The van der Waals surface area contributed by atoms with Crippen LogP contribution in [0.3, 0.4) is 0 Å². The highest BCUT2D eigenvalue weighted by Crippen LogP contribution is 2.33. The molecule has 2 aromatic rings. The normalized spacial score (nSPS) is 10.6. The summed E-state index contributed by atoms with van der Waals surface area (Å²) >= 11 is 20.3. The Balaban J connectivity index is 2.07. The van der Waals surface area contributed by atoms with Gasteiger partial charge in [-0.3, -0.25) is 0 Å². The number of thiophene rings is 1. The van der Waals surface area contributed by atoms with E-state index in [0.717, 1.165) is 25.5 Å². The van der Waals surface area contributed by atoms with Gasteiger partial charge in [-0.25, -0.2) is 0 Å². The molecule has 1 nitrogen and oxygen atoms in total. The number of hydrogen-bond donors (Lipinski definition) is 1. The van der Waals surface area contributed by atoms with Crippen LogP contribution in [0.4, 0.5) is 5.69 Å². The molecule has 0 unspecified atom stereocenters. The first-order chi connectivity index (χ1) is 8.06. The number of rotatable bonds is 3. The van der Waals surface area contributed by atoms with E-state index in [1.54, 1.807) is 11.3 Å². The Morgan fingerprint density at radius 2 is 1.88 bits per heavy atom. The molecule has 1 heterocycles. The summed E-state index contributed by atoms with van der Waals surface area (Å²) in [7, 11) is 0. The van der Waals surface area contributed by atoms with Gasteiger partial charge in [-0.1, -0.05) is 23.2 Å². The van der Waals surface area contributed by atoms with Crippen molar-refractivity contribution >= 4 is 72.1 Å². The van der Waals surface area contributed by atoms with Crippen LogP contribution in [-0.4, -0.2) is 0 Å². The van der Waals surface area contributed by atoms with Crippen molar-refractivity contribution < 1.29 is 0 Å². The number of anilines is 1. The van der Waals surface area contributed by atoms with Crippen molar-refractivity contribution in [3.05, 3.63) is 47.4 Å². The molecule has 0 fully saturated rings. The van der Waals surface area contributed by atoms with Crippen LogP contribution in [0.25, 0.3) is 0 Å². The molecule has 0 aliphatic rings. The van der Waals surface area contributed by atoms with Gasteiger partial charge in [-0.05, 0) is 56.1 Å². The molecule has 0 aliphatic heterocycles. The van der Waals surface area contributed by atoms with Crippen LogP contribution in [0.15, 0.2) is 33.2 Å². The minimum atomic E-state index is 0.712. The SMILES string of the molecule is Clc1ccc(NCc2cc(Br)c(Cl)s2)c(Br)c1. The summed E-state index contributed by atoms with van der Waals surface area (Å²) in [5, 5.41) is 4.03. The van der Waals surface area contributed by atoms with Gasteiger partial charge in [0.1, 0.15) is 4.34 Å². The molecule has 90 valence electrons. The van der Waals surface area contributed by atoms with Crippen LogP contribution in [0, 0.1) is 0 Å². The Kier molecular flexibility index (Phi) is 4.78. The van der Waals surface area contributed by atoms with Gasteiger partial charge >= 0.3 is 0 Å². The molecule has 0 amide bonds. The topological polar surface area (TPSA) is 12.0 Å². The van der Waals surface area contributed by atoms with Crippen molar-refractivity contribution in [3.8, 4) is 0 Å². The summed E-state index contributed by atoms with van der Waals surface area (Å²) in [5.74, 6) is 0. The molecule has 17 heavy (non-hydrogen) atoms. The average Bonchev–Trinajstić information content (AvgIpc) is 2.57. The third-order valence-corrected chi connectivity index (χ3v) is 5.45. The molecule has 1 N–H and O–H groups in total. The average molecular weight is 416 g/mol. The lowest BCUT2D eigenvalue weighted by Crippen LogP contribution is -1.97. The Labute approximate surface area is 130 Å². The van der Waals surface area contributed by atoms with Crippen LogP contribution in [0.5, 0.6) is 0 Å². The Morgan fingerprint density at radius 3 is 2.47 bits per heavy atom. The van der Waals surface area contributed by atoms with E-state index in [1.165, 1.54) is 4.88 Å². The van der Waals surface area contributed by atoms with E-state index < -0.39 is 0 Å². The third-order valence-electron chi connectivity index (χ3n) is 2.08. The van der Waals surface area contributed by atoms with Gasteiger partial charge in [0.05, 0.1) is 0 Å². The van der Waals surface area contributed by atoms with Crippen molar-refractivity contribution in [2.75, 3.05) is 5.32 Å². The van der Waals surface area contributed by atoms with E-state index in [2.05, 4.69) is 37.2 Å². The van der Waals surface area contributed by atoms with Gasteiger partial charge in [0.25, 0.3) is 0 Å². The highest BCUT2D eigenvalue weighted by atomic mass is 79.9. The van der Waals surface area contributed by atoms with Crippen molar-refractivity contribution in [1.82, 2.24) is 0 Å². The number of halogens is 4. The van der Waals surface area contributed by atoms with Gasteiger partial charge in [-0.2, -0.15) is 0 Å². The maximum atomic E-state index is 5.98. The van der Waals surface area contributed by atoms with E-state index in [0.29, 0.717) is 5.02 Å². The molecule has 0 bridgehead atoms. The maximum absolute atomic E-state index is 5.98. The zero-order valence-corrected chi connectivity index (χ0v) is 13.9. The van der Waals surface area contributed by atoms with E-state index in [4.69, 9.17) is 23.2 Å². The van der Waals surface area contributed by atoms with E-state index in [9.17, 15) is 0 Å². The number of nitrogens with one attached hydrogen (secondary N) is 1. The van der Waals surface area contributed by atoms with E-state index in [1.807, 2.05) is 24.3 Å². The van der Waals surface area contributed by atoms with Crippen LogP contribution in [0.2, 0.25) is 9.36 Å². The molecule has 1 aromatic carbocycles. The second-order valence-corrected chi connectivity index (χ2v) is 7.20. The molecule has 0 aliphatic carbocycles. The van der Waals surface area contributed by atoms with Crippen molar-refractivity contribution in [2.45, 2.75) is 6.54 Å². The van der Waals surface area contributed by atoms with Crippen LogP contribution < -0.4 is 5.32 Å². The Morgan fingerprint density at radius 1 is 1.12 bits per heavy atom. The molecule has 0 saturated heterocycles. The van der Waals surface area contributed by atoms with E-state index in [-0.39, 0.29) is 0 Å². The molecule has 2 rings (SSSR count). The maximum Gasteiger partial charge on any atom is 0.107 e. The minimum Gasteiger partial charge on any atom is -0.379 e. The van der Waals surface area contributed by atoms with Gasteiger partial charge in [-0.15, -0.1) is 11.3 Å². The third kappa shape index (κ3) is 3.61. The lowest BCUT2D eigenvalue weighted by molar-refractivity contribution is 1.19. The molecule has 0 saturated carbocycles. The van der Waals surface area contributed by atoms with Crippen molar-refractivity contribution in [1.29, 1.82) is 0 Å². The van der Waals surface area contributed by atoms with Gasteiger partial charge in [0.15, 0.2) is 0 Å². The second kappa shape index (κ2) is 5.93. The first kappa shape index (κ1) is 13.7. The predicted octanol–water partition coefficient (Wildman–Crippen LogP) is 6.19. The monoisotopic (exact) mass is 413 g/mol. The Hall–Kier alpha value is 0.260. The number of hydrogen-bond acceptors (Lipinski definition) is 2. The fourth-order valence-corrected chi connectivity index (χ4v) is 3.85. The van der Waals surface area contributed by atoms with Crippen molar-refractivity contribution in [2.24, 2.45) is 0 Å². The second-order valence-electron chi connectivity index (χ2n) is 3.31.